The zero-order chi connectivity index (χ0) is 10.6. The fraction of sp³-hybridized carbons (Fsp3) is 0.917. The second-order valence-electron chi connectivity index (χ2n) is 4.28. The number of carbonyl (C=O) groups is 1. The third-order valence-electron chi connectivity index (χ3n) is 2.63. The predicted molar refractivity (Wildman–Crippen MR) is 69.8 cm³/mol. The van der Waals surface area contributed by atoms with E-state index < -0.39 is 0 Å². The molecule has 3 heteroatoms. The minimum atomic E-state index is 0. The summed E-state index contributed by atoms with van der Waals surface area (Å²) >= 11 is 0.751. The molecule has 0 radical (unpaired) electrons. The molecule has 15 heavy (non-hydrogen) atoms. The van der Waals surface area contributed by atoms with Crippen LogP contribution in [0.1, 0.15) is 71.1 Å². The molecule has 0 aromatic rings. The summed E-state index contributed by atoms with van der Waals surface area (Å²) in [6.45, 7) is 2.26. The first-order chi connectivity index (χ1) is 6.77. The Morgan fingerprint density at radius 1 is 0.867 bits per heavy atom. The molecule has 0 atom stereocenters. The van der Waals surface area contributed by atoms with Crippen LogP contribution in [0, 0.1) is 0 Å². The number of hydrogen-bond donors (Lipinski definition) is 0. The minimum absolute atomic E-state index is 0. The van der Waals surface area contributed by atoms with E-state index in [0.717, 1.165) is 40.8 Å². The van der Waals surface area contributed by atoms with E-state index in [9.17, 15) is 4.79 Å². The van der Waals surface area contributed by atoms with Gasteiger partial charge in [0.15, 0.2) is 0 Å². The van der Waals surface area contributed by atoms with Crippen LogP contribution in [0.25, 0.3) is 0 Å². The van der Waals surface area contributed by atoms with E-state index in [1.165, 1.54) is 51.4 Å². The second-order valence-corrected chi connectivity index (χ2v) is 5.40. The normalized spacial score (nSPS) is 9.80. The summed E-state index contributed by atoms with van der Waals surface area (Å²) in [5.41, 5.74) is 0. The number of hydrogen-bond acceptors (Lipinski definition) is 1. The summed E-state index contributed by atoms with van der Waals surface area (Å²) in [6.07, 6.45) is 12.9. The van der Waals surface area contributed by atoms with Gasteiger partial charge in [0, 0.05) is 0 Å². The van der Waals surface area contributed by atoms with Crippen LogP contribution in [0.15, 0.2) is 0 Å². The van der Waals surface area contributed by atoms with Crippen LogP contribution in [-0.2, 0) is 4.79 Å². The van der Waals surface area contributed by atoms with Gasteiger partial charge in [-0.05, 0) is 0 Å². The van der Waals surface area contributed by atoms with Gasteiger partial charge in [-0.1, -0.05) is 0 Å². The Bertz CT molecular complexity index is 138. The molecule has 0 aromatic heterocycles. The fourth-order valence-electron chi connectivity index (χ4n) is 1.68. The van der Waals surface area contributed by atoms with Crippen molar-refractivity contribution in [2.75, 3.05) is 0 Å². The van der Waals surface area contributed by atoms with Crippen molar-refractivity contribution in [3.8, 4) is 0 Å². The summed E-state index contributed by atoms with van der Waals surface area (Å²) in [4.78, 5) is 10.7. The van der Waals surface area contributed by atoms with E-state index in [0.29, 0.717) is 3.03 Å². The number of rotatable bonds is 10. The Hall–Kier alpha value is 1.67. The summed E-state index contributed by atoms with van der Waals surface area (Å²) in [5.74, 6) is 0. The van der Waals surface area contributed by atoms with Gasteiger partial charge >= 0.3 is 136 Å². The van der Waals surface area contributed by atoms with Crippen LogP contribution in [0.4, 0.5) is 0 Å². The van der Waals surface area contributed by atoms with Gasteiger partial charge in [-0.15, -0.1) is 0 Å². The van der Waals surface area contributed by atoms with Crippen molar-refractivity contribution in [3.05, 3.63) is 0 Å². The zero-order valence-corrected chi connectivity index (χ0v) is 12.0. The molecule has 0 aromatic carbocycles. The average Bonchev–Trinajstić information content (AvgIpc) is 2.15. The molecule has 0 saturated carbocycles. The van der Waals surface area contributed by atoms with Gasteiger partial charge in [-0.3, -0.25) is 0 Å². The second kappa shape index (κ2) is 15.7. The van der Waals surface area contributed by atoms with Gasteiger partial charge in [0.25, 0.3) is 0 Å². The van der Waals surface area contributed by atoms with Crippen LogP contribution in [-0.4, -0.2) is 60.5 Å². The standard InChI is InChI=1S/C12H23O.2Na.H/c1-2-3-4-5-6-7-8-9-10-11-12-13;;;/h2-11H2,1H3;;;. The summed E-state index contributed by atoms with van der Waals surface area (Å²) in [6, 6.07) is 0. The van der Waals surface area contributed by atoms with Gasteiger partial charge < -0.3 is 0 Å². The Balaban J connectivity index is 0. The molecular formula is C12H24Na2O. The van der Waals surface area contributed by atoms with E-state index in [1.807, 2.05) is 0 Å². The third kappa shape index (κ3) is 18.2. The Labute approximate surface area is 135 Å². The van der Waals surface area contributed by atoms with Crippen LogP contribution >= 0.6 is 0 Å². The molecule has 0 spiro atoms. The Kier molecular flexibility index (Phi) is 19.9. The SMILES string of the molecule is CCCCCCCCCCC[C](=O)[Na].[NaH]. The van der Waals surface area contributed by atoms with Crippen LogP contribution in [0.2, 0.25) is 0 Å². The Morgan fingerprint density at radius 3 is 1.67 bits per heavy atom. The first-order valence-corrected chi connectivity index (χ1v) is 7.26. The fourth-order valence-corrected chi connectivity index (χ4v) is 2.04. The van der Waals surface area contributed by atoms with Crippen molar-refractivity contribution in [2.24, 2.45) is 0 Å². The van der Waals surface area contributed by atoms with Gasteiger partial charge in [0.05, 0.1) is 0 Å². The van der Waals surface area contributed by atoms with Crippen molar-refractivity contribution in [2.45, 2.75) is 71.1 Å². The average molecular weight is 230 g/mol. The van der Waals surface area contributed by atoms with E-state index in [1.54, 1.807) is 0 Å². The van der Waals surface area contributed by atoms with Gasteiger partial charge in [-0.2, -0.15) is 0 Å². The third-order valence-corrected chi connectivity index (χ3v) is 3.13. The topological polar surface area (TPSA) is 17.1 Å². The molecular weight excluding hydrogens is 206 g/mol. The molecule has 80 valence electrons. The maximum atomic E-state index is 10.7. The molecule has 0 aliphatic carbocycles. The number of carbonyl (C=O) groups excluding carboxylic acids is 1. The van der Waals surface area contributed by atoms with E-state index in [-0.39, 0.29) is 29.6 Å². The number of unbranched alkanes of at least 4 members (excludes halogenated alkanes) is 8. The molecule has 0 rings (SSSR count). The molecule has 0 unspecified atom stereocenters. The molecule has 0 amide bonds. The predicted octanol–water partition coefficient (Wildman–Crippen LogP) is 2.95. The van der Waals surface area contributed by atoms with Crippen LogP contribution in [0.3, 0.4) is 0 Å². The summed E-state index contributed by atoms with van der Waals surface area (Å²) < 4.78 is 0.480. The first kappa shape index (κ1) is 19.0. The molecule has 0 aliphatic heterocycles. The molecule has 0 heterocycles. The van der Waals surface area contributed by atoms with Crippen LogP contribution in [0.5, 0.6) is 0 Å². The quantitative estimate of drug-likeness (QED) is 0.416. The monoisotopic (exact) mass is 230 g/mol. The zero-order valence-electron chi connectivity index (χ0n) is 9.98. The van der Waals surface area contributed by atoms with Crippen molar-refractivity contribution in [1.29, 1.82) is 0 Å². The molecule has 0 N–H and O–H groups in total. The van der Waals surface area contributed by atoms with Gasteiger partial charge in [0.1, 0.15) is 0 Å². The van der Waals surface area contributed by atoms with Gasteiger partial charge in [0.2, 0.25) is 0 Å². The van der Waals surface area contributed by atoms with Crippen molar-refractivity contribution < 1.29 is 4.79 Å². The molecule has 0 saturated heterocycles. The van der Waals surface area contributed by atoms with Crippen molar-refractivity contribution >= 4 is 60.5 Å². The molecule has 0 aliphatic rings. The van der Waals surface area contributed by atoms with E-state index >= 15 is 0 Å². The van der Waals surface area contributed by atoms with E-state index in [4.69, 9.17) is 0 Å². The molecule has 1 nitrogen and oxygen atoms in total. The maximum absolute atomic E-state index is 10.7. The molecule has 0 fully saturated rings. The Morgan fingerprint density at radius 2 is 1.27 bits per heavy atom. The molecule has 0 bridgehead atoms. The van der Waals surface area contributed by atoms with Gasteiger partial charge in [-0.25, -0.2) is 0 Å². The van der Waals surface area contributed by atoms with E-state index in [2.05, 4.69) is 6.92 Å². The first-order valence-electron chi connectivity index (χ1n) is 6.26. The van der Waals surface area contributed by atoms with Crippen molar-refractivity contribution in [1.82, 2.24) is 0 Å². The summed E-state index contributed by atoms with van der Waals surface area (Å²) in [7, 11) is 0. The summed E-state index contributed by atoms with van der Waals surface area (Å²) in [5, 5.41) is 0. The van der Waals surface area contributed by atoms with Crippen LogP contribution < -0.4 is 0 Å². The van der Waals surface area contributed by atoms with Crippen molar-refractivity contribution in [3.63, 3.8) is 0 Å².